The summed E-state index contributed by atoms with van der Waals surface area (Å²) in [4.78, 5) is 29.1. The molecule has 12 heteroatoms. The molecule has 0 bridgehead atoms. The molecule has 7 rings (SSSR count). The summed E-state index contributed by atoms with van der Waals surface area (Å²) in [5.41, 5.74) is 3.83. The highest BCUT2D eigenvalue weighted by Gasteiger charge is 2.48. The summed E-state index contributed by atoms with van der Waals surface area (Å²) in [6.07, 6.45) is 0.661. The number of Topliss-reactive ketones (excluding diaryl/α,β-unsaturated/α-hetero) is 1. The van der Waals surface area contributed by atoms with Crippen LogP contribution < -0.4 is 19.1 Å². The van der Waals surface area contributed by atoms with Gasteiger partial charge in [-0.15, -0.1) is 10.2 Å². The van der Waals surface area contributed by atoms with Gasteiger partial charge in [0.2, 0.25) is 5.13 Å². The molecule has 0 saturated carbocycles. The van der Waals surface area contributed by atoms with Gasteiger partial charge in [-0.05, 0) is 78.6 Å². The van der Waals surface area contributed by atoms with E-state index < -0.39 is 17.7 Å². The number of aliphatic hydroxyl groups is 1. The van der Waals surface area contributed by atoms with Crippen molar-refractivity contribution < 1.29 is 28.9 Å². The first-order chi connectivity index (χ1) is 24.3. The predicted molar refractivity (Wildman–Crippen MR) is 194 cm³/mol. The van der Waals surface area contributed by atoms with Gasteiger partial charge in [0.1, 0.15) is 24.2 Å². The van der Waals surface area contributed by atoms with Crippen LogP contribution in [0.3, 0.4) is 0 Å². The summed E-state index contributed by atoms with van der Waals surface area (Å²) in [7, 11) is 0. The lowest BCUT2D eigenvalue weighted by atomic mass is 9.94. The Kier molecular flexibility index (Phi) is 9.80. The number of carbonyl (C=O) groups excluding carboxylic acids is 2. The maximum Gasteiger partial charge on any atom is 0.301 e. The number of nitrogens with zero attached hydrogens (tertiary/aromatic N) is 3. The topological polar surface area (TPSA) is 111 Å². The van der Waals surface area contributed by atoms with Crippen molar-refractivity contribution in [3.05, 3.63) is 129 Å². The normalized spacial score (nSPS) is 17.9. The van der Waals surface area contributed by atoms with Gasteiger partial charge in [-0.25, -0.2) is 0 Å². The Hall–Kier alpha value is -4.84. The van der Waals surface area contributed by atoms with Gasteiger partial charge >= 0.3 is 5.91 Å². The Labute approximate surface area is 302 Å². The molecule has 2 aliphatic heterocycles. The van der Waals surface area contributed by atoms with Gasteiger partial charge in [0, 0.05) is 22.8 Å². The van der Waals surface area contributed by atoms with Crippen LogP contribution in [0.5, 0.6) is 17.2 Å². The van der Waals surface area contributed by atoms with Crippen molar-refractivity contribution in [1.82, 2.24) is 10.2 Å². The summed E-state index contributed by atoms with van der Waals surface area (Å²) in [5.74, 6) is 0.343. The highest BCUT2D eigenvalue weighted by molar-refractivity contribution is 8.00. The van der Waals surface area contributed by atoms with Crippen molar-refractivity contribution in [2.45, 2.75) is 49.1 Å². The highest BCUT2D eigenvalue weighted by atomic mass is 35.5. The van der Waals surface area contributed by atoms with Crippen molar-refractivity contribution in [1.29, 1.82) is 0 Å². The first kappa shape index (κ1) is 33.6. The molecule has 0 unspecified atom stereocenters. The first-order valence-electron chi connectivity index (χ1n) is 16.0. The van der Waals surface area contributed by atoms with Crippen molar-refractivity contribution in [2.75, 3.05) is 11.5 Å². The number of fused-ring (bicyclic) bond motifs is 1. The number of carbonyl (C=O) groups is 2. The number of amides is 1. The Morgan fingerprint density at radius 2 is 1.78 bits per heavy atom. The van der Waals surface area contributed by atoms with Crippen molar-refractivity contribution >= 4 is 57.3 Å². The molecule has 5 aromatic rings. The maximum absolute atomic E-state index is 13.9. The molecule has 1 N–H and O–H groups in total. The van der Waals surface area contributed by atoms with E-state index in [1.165, 1.54) is 28.0 Å². The van der Waals surface area contributed by atoms with Gasteiger partial charge in [0.15, 0.2) is 15.8 Å². The van der Waals surface area contributed by atoms with Crippen LogP contribution >= 0.6 is 34.7 Å². The van der Waals surface area contributed by atoms with E-state index in [-0.39, 0.29) is 22.6 Å². The van der Waals surface area contributed by atoms with Crippen LogP contribution in [0.1, 0.15) is 47.7 Å². The van der Waals surface area contributed by atoms with E-state index >= 15 is 0 Å². The Morgan fingerprint density at radius 1 is 0.980 bits per heavy atom. The zero-order chi connectivity index (χ0) is 34.8. The fourth-order valence-electron chi connectivity index (χ4n) is 5.97. The molecule has 0 radical (unpaired) electrons. The number of halogens is 1. The number of rotatable bonds is 11. The number of aromatic nitrogens is 2. The lowest BCUT2D eigenvalue weighted by molar-refractivity contribution is -0.132. The van der Waals surface area contributed by atoms with Crippen LogP contribution in [-0.2, 0) is 28.4 Å². The smallest absolute Gasteiger partial charge is 0.301 e. The van der Waals surface area contributed by atoms with Crippen LogP contribution in [0.25, 0.3) is 5.76 Å². The molecule has 3 heterocycles. The molecule has 1 saturated heterocycles. The second-order valence-corrected chi connectivity index (χ2v) is 14.4. The van der Waals surface area contributed by atoms with Crippen LogP contribution in [-0.4, -0.2) is 39.7 Å². The van der Waals surface area contributed by atoms with Gasteiger partial charge in [-0.2, -0.15) is 0 Å². The summed E-state index contributed by atoms with van der Waals surface area (Å²) in [6.45, 7) is 4.51. The Balaban J connectivity index is 1.27. The first-order valence-corrected chi connectivity index (χ1v) is 18.2. The van der Waals surface area contributed by atoms with Gasteiger partial charge in [-0.3, -0.25) is 14.5 Å². The monoisotopic (exact) mass is 725 g/mol. The molecule has 4 aromatic carbocycles. The molecule has 9 nitrogen and oxygen atoms in total. The van der Waals surface area contributed by atoms with E-state index in [0.29, 0.717) is 57.4 Å². The molecule has 50 heavy (non-hydrogen) atoms. The number of aliphatic hydroxyl groups excluding tert-OH is 1. The van der Waals surface area contributed by atoms with Crippen molar-refractivity contribution in [3.63, 3.8) is 0 Å². The largest absolute Gasteiger partial charge is 0.507 e. The molecule has 1 amide bonds. The van der Waals surface area contributed by atoms with E-state index in [9.17, 15) is 14.7 Å². The number of ketones is 1. The van der Waals surface area contributed by atoms with Crippen molar-refractivity contribution in [3.8, 4) is 17.2 Å². The fourth-order valence-corrected chi connectivity index (χ4v) is 7.92. The molecule has 0 spiro atoms. The van der Waals surface area contributed by atoms with Crippen molar-refractivity contribution in [2.24, 2.45) is 0 Å². The zero-order valence-electron chi connectivity index (χ0n) is 27.2. The van der Waals surface area contributed by atoms with Crippen LogP contribution in [0, 0.1) is 0 Å². The number of thioether (sulfide) groups is 1. The molecular formula is C38H32ClN3O6S2. The van der Waals surface area contributed by atoms with Gasteiger partial charge in [0.25, 0.3) is 5.78 Å². The van der Waals surface area contributed by atoms with Crippen LogP contribution in [0.4, 0.5) is 5.13 Å². The third kappa shape index (κ3) is 6.94. The second-order valence-electron chi connectivity index (χ2n) is 11.8. The number of hydrogen-bond donors (Lipinski definition) is 1. The summed E-state index contributed by atoms with van der Waals surface area (Å²) in [5, 5.41) is 21.4. The van der Waals surface area contributed by atoms with Crippen LogP contribution in [0.2, 0.25) is 5.02 Å². The van der Waals surface area contributed by atoms with E-state index in [2.05, 4.69) is 10.2 Å². The third-order valence-corrected chi connectivity index (χ3v) is 10.7. The predicted octanol–water partition coefficient (Wildman–Crippen LogP) is 8.41. The summed E-state index contributed by atoms with van der Waals surface area (Å²) < 4.78 is 18.6. The minimum atomic E-state index is -1.03. The minimum absolute atomic E-state index is 0.00301. The molecular weight excluding hydrogens is 694 g/mol. The quantitative estimate of drug-likeness (QED) is 0.0472. The lowest BCUT2D eigenvalue weighted by Gasteiger charge is -2.24. The molecule has 1 fully saturated rings. The Morgan fingerprint density at radius 3 is 2.56 bits per heavy atom. The minimum Gasteiger partial charge on any atom is -0.507 e. The fraction of sp³-hybridized carbons (Fsp3) is 0.211. The molecule has 1 aromatic heterocycles. The van der Waals surface area contributed by atoms with E-state index in [4.69, 9.17) is 25.8 Å². The summed E-state index contributed by atoms with van der Waals surface area (Å²) >= 11 is 8.70. The SMILES string of the molecule is CCOc1cc([C@H]2C(=C(O)c3ccc4c(c3)C[C@H](C)O4)C(=O)C(=O)N2c2nnc(SCc3ccc(Cl)cc3)s2)ccc1OCc1ccccc1. The second kappa shape index (κ2) is 14.6. The van der Waals surface area contributed by atoms with Gasteiger partial charge < -0.3 is 19.3 Å². The molecule has 2 atom stereocenters. The molecule has 2 aliphatic rings. The maximum atomic E-state index is 13.9. The molecule has 254 valence electrons. The van der Waals surface area contributed by atoms with E-state index in [1.807, 2.05) is 68.4 Å². The van der Waals surface area contributed by atoms with Gasteiger partial charge in [-0.1, -0.05) is 83.2 Å². The van der Waals surface area contributed by atoms with E-state index in [1.54, 1.807) is 36.4 Å². The van der Waals surface area contributed by atoms with Crippen LogP contribution in [0.15, 0.2) is 101 Å². The zero-order valence-corrected chi connectivity index (χ0v) is 29.6. The number of benzene rings is 4. The lowest BCUT2D eigenvalue weighted by Crippen LogP contribution is -2.29. The third-order valence-electron chi connectivity index (χ3n) is 8.31. The average Bonchev–Trinajstić information content (AvgIpc) is 3.82. The Bertz CT molecular complexity index is 2090. The summed E-state index contributed by atoms with van der Waals surface area (Å²) in [6, 6.07) is 26.8. The molecule has 0 aliphatic carbocycles. The standard InChI is InChI=1S/C38H32ClN3O6S2/c1-3-46-31-19-25(11-16-30(31)47-20-23-7-5-4-6-8-23)33-32(34(43)26-12-15-29-27(18-26)17-22(2)48-29)35(44)36(45)42(33)37-40-41-38(50-37)49-21-24-9-13-28(39)14-10-24/h4-16,18-19,22,33,43H,3,17,20-21H2,1-2H3/t22-,33-/m0/s1. The number of ether oxygens (including phenoxy) is 3. The van der Waals surface area contributed by atoms with Gasteiger partial charge in [0.05, 0.1) is 18.2 Å². The van der Waals surface area contributed by atoms with E-state index in [0.717, 1.165) is 22.4 Å². The number of anilines is 1. The number of hydrogen-bond acceptors (Lipinski definition) is 10. The highest BCUT2D eigenvalue weighted by Crippen LogP contribution is 2.46. The average molecular weight is 726 g/mol.